The number of Topliss-reactive ketones (excluding diaryl/α,β-unsaturated/α-hetero) is 1. The molecule has 1 heterocycles. The van der Waals surface area contributed by atoms with Crippen LogP contribution >= 0.6 is 0 Å². The third kappa shape index (κ3) is 4.47. The quantitative estimate of drug-likeness (QED) is 0.286. The Balaban J connectivity index is 1.92. The fourth-order valence-corrected chi connectivity index (χ4v) is 4.48. The van der Waals surface area contributed by atoms with Gasteiger partial charge in [-0.05, 0) is 52.9 Å². The van der Waals surface area contributed by atoms with Crippen LogP contribution in [0.3, 0.4) is 0 Å². The number of carbonyl (C=O) groups excluding carboxylic acids is 2. The van der Waals surface area contributed by atoms with Crippen LogP contribution in [0.15, 0.2) is 78.4 Å². The first-order valence-corrected chi connectivity index (χ1v) is 11.9. The highest BCUT2D eigenvalue weighted by molar-refractivity contribution is 6.51. The summed E-state index contributed by atoms with van der Waals surface area (Å²) in [6.45, 7) is 6.36. The molecule has 1 amide bonds. The maximum atomic E-state index is 13.4. The zero-order valence-corrected chi connectivity index (χ0v) is 21.6. The van der Waals surface area contributed by atoms with Crippen LogP contribution in [0, 0.1) is 0 Å². The van der Waals surface area contributed by atoms with Gasteiger partial charge in [0.15, 0.2) is 0 Å². The van der Waals surface area contributed by atoms with Crippen molar-refractivity contribution in [3.05, 3.63) is 95.1 Å². The van der Waals surface area contributed by atoms with Gasteiger partial charge in [-0.2, -0.15) is 0 Å². The molecule has 0 radical (unpaired) electrons. The number of hydrogen-bond acceptors (Lipinski definition) is 5. The SMILES string of the molecule is COc1ccccc1/C(O)=C1\C(=O)C(=O)N(c2ccc(C(C)(C)C)cc2)C1c1ccc(N(C)C)cc1. The van der Waals surface area contributed by atoms with Gasteiger partial charge in [0, 0.05) is 25.5 Å². The normalized spacial score (nSPS) is 17.4. The molecule has 0 spiro atoms. The van der Waals surface area contributed by atoms with E-state index in [1.807, 2.05) is 67.5 Å². The van der Waals surface area contributed by atoms with Crippen molar-refractivity contribution in [1.29, 1.82) is 0 Å². The smallest absolute Gasteiger partial charge is 0.300 e. The number of carbonyl (C=O) groups is 2. The first-order chi connectivity index (χ1) is 17.0. The number of rotatable bonds is 5. The molecule has 0 aromatic heterocycles. The lowest BCUT2D eigenvalue weighted by atomic mass is 9.87. The second kappa shape index (κ2) is 9.53. The van der Waals surface area contributed by atoms with Crippen LogP contribution in [0.4, 0.5) is 11.4 Å². The molecule has 0 aliphatic carbocycles. The Labute approximate surface area is 212 Å². The van der Waals surface area contributed by atoms with E-state index in [-0.39, 0.29) is 16.7 Å². The molecule has 3 aromatic rings. The predicted octanol–water partition coefficient (Wildman–Crippen LogP) is 5.69. The van der Waals surface area contributed by atoms with Crippen LogP contribution in [-0.4, -0.2) is 38.0 Å². The molecule has 4 rings (SSSR count). The fraction of sp³-hybridized carbons (Fsp3) is 0.267. The first-order valence-electron chi connectivity index (χ1n) is 11.9. The summed E-state index contributed by atoms with van der Waals surface area (Å²) >= 11 is 0. The Morgan fingerprint density at radius 1 is 0.917 bits per heavy atom. The molecule has 6 heteroatoms. The van der Waals surface area contributed by atoms with Gasteiger partial charge in [0.1, 0.15) is 11.5 Å². The van der Waals surface area contributed by atoms with Gasteiger partial charge in [-0.25, -0.2) is 0 Å². The number of ether oxygens (including phenoxy) is 1. The molecule has 1 unspecified atom stereocenters. The van der Waals surface area contributed by atoms with Gasteiger partial charge in [-0.1, -0.05) is 57.2 Å². The highest BCUT2D eigenvalue weighted by Crippen LogP contribution is 2.43. The highest BCUT2D eigenvalue weighted by Gasteiger charge is 2.47. The van der Waals surface area contributed by atoms with Crippen LogP contribution in [-0.2, 0) is 15.0 Å². The molecule has 3 aromatic carbocycles. The third-order valence-corrected chi connectivity index (χ3v) is 6.54. The van der Waals surface area contributed by atoms with E-state index in [0.29, 0.717) is 17.0 Å². The Morgan fingerprint density at radius 2 is 1.53 bits per heavy atom. The van der Waals surface area contributed by atoms with E-state index in [1.165, 1.54) is 12.0 Å². The minimum atomic E-state index is -0.799. The molecular weight excluding hydrogens is 452 g/mol. The van der Waals surface area contributed by atoms with Crippen LogP contribution in [0.2, 0.25) is 0 Å². The van der Waals surface area contributed by atoms with E-state index < -0.39 is 17.7 Å². The monoisotopic (exact) mass is 484 g/mol. The van der Waals surface area contributed by atoms with Gasteiger partial charge in [-0.15, -0.1) is 0 Å². The number of aliphatic hydroxyl groups excluding tert-OH is 1. The second-order valence-electron chi connectivity index (χ2n) is 10.2. The molecule has 186 valence electrons. The molecule has 0 saturated carbocycles. The number of anilines is 2. The summed E-state index contributed by atoms with van der Waals surface area (Å²) in [6, 6.07) is 21.4. The van der Waals surface area contributed by atoms with E-state index >= 15 is 0 Å². The predicted molar refractivity (Wildman–Crippen MR) is 144 cm³/mol. The number of methoxy groups -OCH3 is 1. The molecule has 36 heavy (non-hydrogen) atoms. The maximum absolute atomic E-state index is 13.4. The van der Waals surface area contributed by atoms with Gasteiger partial charge < -0.3 is 14.7 Å². The zero-order valence-electron chi connectivity index (χ0n) is 21.6. The Bertz CT molecular complexity index is 1320. The van der Waals surface area contributed by atoms with E-state index in [4.69, 9.17) is 4.74 Å². The number of amides is 1. The standard InChI is InChI=1S/C30H32N2O4/c1-30(2,3)20-13-17-22(18-14-20)32-26(19-11-15-21(16-12-19)31(4)5)25(28(34)29(32)35)27(33)23-9-7-8-10-24(23)36-6/h7-18,26,33H,1-6H3/b27-25+. The number of nitrogens with zero attached hydrogens (tertiary/aromatic N) is 2. The molecule has 1 aliphatic heterocycles. The van der Waals surface area contributed by atoms with E-state index in [2.05, 4.69) is 20.8 Å². The van der Waals surface area contributed by atoms with Crippen molar-refractivity contribution in [2.24, 2.45) is 0 Å². The largest absolute Gasteiger partial charge is 0.507 e. The summed E-state index contributed by atoms with van der Waals surface area (Å²) in [4.78, 5) is 30.3. The minimum Gasteiger partial charge on any atom is -0.507 e. The first kappa shape index (κ1) is 25.0. The minimum absolute atomic E-state index is 0.0296. The summed E-state index contributed by atoms with van der Waals surface area (Å²) in [5.74, 6) is -1.27. The van der Waals surface area contributed by atoms with Crippen molar-refractivity contribution >= 4 is 28.8 Å². The Morgan fingerprint density at radius 3 is 2.08 bits per heavy atom. The van der Waals surface area contributed by atoms with E-state index in [1.54, 1.807) is 24.3 Å². The average Bonchev–Trinajstić information content (AvgIpc) is 3.13. The van der Waals surface area contributed by atoms with Crippen molar-refractivity contribution in [2.45, 2.75) is 32.2 Å². The number of para-hydroxylation sites is 1. The van der Waals surface area contributed by atoms with Crippen LogP contribution < -0.4 is 14.5 Å². The molecule has 1 N–H and O–H groups in total. The van der Waals surface area contributed by atoms with E-state index in [0.717, 1.165) is 16.8 Å². The van der Waals surface area contributed by atoms with Crippen LogP contribution in [0.5, 0.6) is 5.75 Å². The molecule has 1 aliphatic rings. The maximum Gasteiger partial charge on any atom is 0.300 e. The van der Waals surface area contributed by atoms with Crippen molar-refractivity contribution < 1.29 is 19.4 Å². The van der Waals surface area contributed by atoms with Gasteiger partial charge in [0.2, 0.25) is 0 Å². The van der Waals surface area contributed by atoms with Crippen molar-refractivity contribution in [2.75, 3.05) is 31.0 Å². The summed E-state index contributed by atoms with van der Waals surface area (Å²) < 4.78 is 5.42. The molecule has 1 fully saturated rings. The number of hydrogen-bond donors (Lipinski definition) is 1. The van der Waals surface area contributed by atoms with Crippen LogP contribution in [0.1, 0.15) is 43.5 Å². The molecule has 1 atom stereocenters. The Kier molecular flexibility index (Phi) is 6.63. The molecule has 1 saturated heterocycles. The molecular formula is C30H32N2O4. The lowest BCUT2D eigenvalue weighted by Crippen LogP contribution is -2.29. The Hall–Kier alpha value is -4.06. The number of benzene rings is 3. The topological polar surface area (TPSA) is 70.1 Å². The van der Waals surface area contributed by atoms with Crippen LogP contribution in [0.25, 0.3) is 5.76 Å². The van der Waals surface area contributed by atoms with Crippen molar-refractivity contribution in [1.82, 2.24) is 0 Å². The summed E-state index contributed by atoms with van der Waals surface area (Å²) in [5.41, 5.74) is 3.73. The number of ketones is 1. The lowest BCUT2D eigenvalue weighted by molar-refractivity contribution is -0.132. The molecule has 0 bridgehead atoms. The highest BCUT2D eigenvalue weighted by atomic mass is 16.5. The molecule has 6 nitrogen and oxygen atoms in total. The summed E-state index contributed by atoms with van der Waals surface area (Å²) in [7, 11) is 5.39. The van der Waals surface area contributed by atoms with Crippen molar-refractivity contribution in [3.63, 3.8) is 0 Å². The third-order valence-electron chi connectivity index (χ3n) is 6.54. The summed E-state index contributed by atoms with van der Waals surface area (Å²) in [5, 5.41) is 11.4. The average molecular weight is 485 g/mol. The van der Waals surface area contributed by atoms with Gasteiger partial charge in [0.05, 0.1) is 24.3 Å². The van der Waals surface area contributed by atoms with Crippen molar-refractivity contribution in [3.8, 4) is 5.75 Å². The fourth-order valence-electron chi connectivity index (χ4n) is 4.48. The van der Waals surface area contributed by atoms with Gasteiger partial charge >= 0.3 is 0 Å². The van der Waals surface area contributed by atoms with E-state index in [9.17, 15) is 14.7 Å². The second-order valence-corrected chi connectivity index (χ2v) is 10.2. The van der Waals surface area contributed by atoms with Gasteiger partial charge in [-0.3, -0.25) is 14.5 Å². The summed E-state index contributed by atoms with van der Waals surface area (Å²) in [6.07, 6.45) is 0. The van der Waals surface area contributed by atoms with Gasteiger partial charge in [0.25, 0.3) is 11.7 Å². The zero-order chi connectivity index (χ0) is 26.2. The lowest BCUT2D eigenvalue weighted by Gasteiger charge is -2.27. The number of aliphatic hydroxyl groups is 1.